The third-order valence-electron chi connectivity index (χ3n) is 4.28. The second-order valence-electron chi connectivity index (χ2n) is 5.92. The first-order valence-electron chi connectivity index (χ1n) is 8.25. The zero-order valence-electron chi connectivity index (χ0n) is 15.1. The summed E-state index contributed by atoms with van der Waals surface area (Å²) < 4.78 is 9.34. The molecular weight excluding hydrogens is 370 g/mol. The molecule has 0 saturated carbocycles. The number of nitrogens with two attached hydrogens (primary N) is 2. The van der Waals surface area contributed by atoms with Crippen molar-refractivity contribution in [3.05, 3.63) is 40.9 Å². The number of para-hydroxylation sites is 2. The lowest BCUT2D eigenvalue weighted by molar-refractivity contribution is -0.654. The molecule has 5 N–H and O–H groups in total. The monoisotopic (exact) mass is 390 g/mol. The van der Waals surface area contributed by atoms with Crippen LogP contribution >= 0.6 is 11.6 Å². The number of rotatable bonds is 6. The molecule has 27 heavy (non-hydrogen) atoms. The van der Waals surface area contributed by atoms with Gasteiger partial charge in [0, 0.05) is 7.11 Å². The van der Waals surface area contributed by atoms with E-state index in [1.54, 1.807) is 7.11 Å². The lowest BCUT2D eigenvalue weighted by Gasteiger charge is -2.08. The van der Waals surface area contributed by atoms with Crippen LogP contribution in [0.25, 0.3) is 11.0 Å². The van der Waals surface area contributed by atoms with E-state index in [0.717, 1.165) is 16.9 Å². The van der Waals surface area contributed by atoms with E-state index in [1.807, 2.05) is 35.9 Å². The molecule has 0 radical (unpaired) electrons. The number of hydrogen-bond donors (Lipinski definition) is 3. The van der Waals surface area contributed by atoms with Crippen molar-refractivity contribution < 1.29 is 14.1 Å². The summed E-state index contributed by atoms with van der Waals surface area (Å²) in [6, 6.07) is 7.99. The molecule has 2 aromatic heterocycles. The number of carbonyl (C=O) groups excluding carboxylic acids is 1. The van der Waals surface area contributed by atoms with Gasteiger partial charge in [-0.15, -0.1) is 0 Å². The zero-order chi connectivity index (χ0) is 19.6. The minimum absolute atomic E-state index is 0.0168. The summed E-state index contributed by atoms with van der Waals surface area (Å²) in [5.41, 5.74) is 13.3. The number of nitrogens with one attached hydrogen (secondary N) is 1. The van der Waals surface area contributed by atoms with Crippen molar-refractivity contribution in [2.75, 3.05) is 25.2 Å². The molecule has 2 heterocycles. The Bertz CT molecular complexity index is 1000. The van der Waals surface area contributed by atoms with Crippen molar-refractivity contribution in [2.45, 2.75) is 13.1 Å². The van der Waals surface area contributed by atoms with Crippen molar-refractivity contribution in [1.82, 2.24) is 19.9 Å². The number of benzene rings is 1. The number of nitrogen functional groups attached to an aromatic ring is 2. The van der Waals surface area contributed by atoms with E-state index in [-0.39, 0.29) is 29.0 Å². The van der Waals surface area contributed by atoms with Gasteiger partial charge in [0.25, 0.3) is 11.7 Å². The summed E-state index contributed by atoms with van der Waals surface area (Å²) in [6.45, 7) is 1.46. The molecule has 0 atom stereocenters. The predicted octanol–water partition coefficient (Wildman–Crippen LogP) is 0.650. The normalized spacial score (nSPS) is 11.1. The van der Waals surface area contributed by atoms with Crippen LogP contribution in [0.5, 0.6) is 0 Å². The van der Waals surface area contributed by atoms with E-state index >= 15 is 0 Å². The molecule has 0 aliphatic heterocycles. The summed E-state index contributed by atoms with van der Waals surface area (Å²) in [5.74, 6) is 0.329. The van der Waals surface area contributed by atoms with Crippen LogP contribution in [0.2, 0.25) is 5.15 Å². The molecule has 10 heteroatoms. The Labute approximate surface area is 160 Å². The van der Waals surface area contributed by atoms with Gasteiger partial charge in [0.15, 0.2) is 33.5 Å². The quantitative estimate of drug-likeness (QED) is 0.531. The topological polar surface area (TPSA) is 125 Å². The zero-order valence-corrected chi connectivity index (χ0v) is 15.8. The Morgan fingerprint density at radius 2 is 2.04 bits per heavy atom. The number of ether oxygens (including phenoxy) is 1. The smallest absolute Gasteiger partial charge is 0.277 e. The van der Waals surface area contributed by atoms with E-state index in [9.17, 15) is 4.79 Å². The van der Waals surface area contributed by atoms with E-state index < -0.39 is 5.91 Å². The molecule has 0 fully saturated rings. The predicted molar refractivity (Wildman–Crippen MR) is 102 cm³/mol. The Hall–Kier alpha value is -2.91. The van der Waals surface area contributed by atoms with E-state index in [4.69, 9.17) is 27.8 Å². The van der Waals surface area contributed by atoms with Crippen LogP contribution in [0.1, 0.15) is 16.3 Å². The lowest BCUT2D eigenvalue weighted by Crippen LogP contribution is -2.38. The van der Waals surface area contributed by atoms with Crippen LogP contribution in [-0.4, -0.2) is 34.2 Å². The lowest BCUT2D eigenvalue weighted by atomic mass is 10.3. The van der Waals surface area contributed by atoms with Gasteiger partial charge in [-0.2, -0.15) is 0 Å². The highest BCUT2D eigenvalue weighted by Gasteiger charge is 2.24. The maximum absolute atomic E-state index is 12.5. The number of imidazole rings is 1. The molecule has 9 nitrogen and oxygen atoms in total. The number of amides is 1. The van der Waals surface area contributed by atoms with Crippen LogP contribution in [0.3, 0.4) is 0 Å². The largest absolute Gasteiger partial charge is 0.382 e. The number of fused-ring (bicyclic) bond motifs is 1. The fraction of sp³-hybridized carbons (Fsp3) is 0.294. The molecule has 0 bridgehead atoms. The minimum Gasteiger partial charge on any atom is -0.382 e. The number of halogens is 1. The van der Waals surface area contributed by atoms with Crippen molar-refractivity contribution >= 4 is 40.2 Å². The third-order valence-corrected chi connectivity index (χ3v) is 4.56. The molecule has 0 unspecified atom stereocenters. The minimum atomic E-state index is -0.481. The van der Waals surface area contributed by atoms with E-state index in [0.29, 0.717) is 13.2 Å². The number of aryl methyl sites for hydroxylation is 1. The average Bonchev–Trinajstić information content (AvgIpc) is 2.92. The first-order valence-corrected chi connectivity index (χ1v) is 8.63. The molecule has 1 amide bonds. The van der Waals surface area contributed by atoms with Gasteiger partial charge in [0.05, 0.1) is 13.7 Å². The first kappa shape index (κ1) is 18.9. The average molecular weight is 391 g/mol. The fourth-order valence-electron chi connectivity index (χ4n) is 2.93. The number of aromatic nitrogens is 4. The summed E-state index contributed by atoms with van der Waals surface area (Å²) in [7, 11) is 3.60. The number of hydrogen-bond acceptors (Lipinski definition) is 6. The van der Waals surface area contributed by atoms with Crippen molar-refractivity contribution in [3.8, 4) is 0 Å². The molecule has 0 aliphatic carbocycles. The Morgan fingerprint density at radius 3 is 2.78 bits per heavy atom. The molecule has 3 aromatic rings. The maximum Gasteiger partial charge on any atom is 0.277 e. The molecule has 142 valence electrons. The summed E-state index contributed by atoms with van der Waals surface area (Å²) >= 11 is 5.85. The van der Waals surface area contributed by atoms with Crippen molar-refractivity contribution in [3.63, 3.8) is 0 Å². The second kappa shape index (κ2) is 7.77. The molecule has 1 aromatic carbocycles. The van der Waals surface area contributed by atoms with Gasteiger partial charge in [-0.1, -0.05) is 23.7 Å². The van der Waals surface area contributed by atoms with Crippen molar-refractivity contribution in [1.29, 1.82) is 0 Å². The summed E-state index contributed by atoms with van der Waals surface area (Å²) in [6.07, 6.45) is 0. The summed E-state index contributed by atoms with van der Waals surface area (Å²) in [4.78, 5) is 20.3. The van der Waals surface area contributed by atoms with Gasteiger partial charge in [0.2, 0.25) is 0 Å². The van der Waals surface area contributed by atoms with Gasteiger partial charge >= 0.3 is 0 Å². The van der Waals surface area contributed by atoms with E-state index in [1.165, 1.54) is 0 Å². The Morgan fingerprint density at radius 1 is 1.30 bits per heavy atom. The number of carbonyl (C=O) groups is 1. The van der Waals surface area contributed by atoms with Gasteiger partial charge in [-0.3, -0.25) is 4.79 Å². The SMILES string of the molecule is COCCn1c(CNC(=O)c2nc(Cl)c(N)nc2N)[n+](C)c2ccccc21. The maximum atomic E-state index is 12.5. The highest BCUT2D eigenvalue weighted by atomic mass is 35.5. The van der Waals surface area contributed by atoms with Gasteiger partial charge < -0.3 is 21.5 Å². The Balaban J connectivity index is 1.89. The molecule has 0 saturated heterocycles. The standard InChI is InChI=1S/C17H20ClN7O2/c1-24-10-5-3-4-6-11(10)25(7-8-27-2)12(24)9-21-17(26)13-15(19)23-16(20)14(18)22-13/h3-6H,7-9H2,1-2H3,(H4-,19,20,21,23,26)/p+1. The Kier molecular flexibility index (Phi) is 5.43. The fourth-order valence-corrected chi connectivity index (χ4v) is 3.06. The van der Waals surface area contributed by atoms with Crippen LogP contribution in [-0.2, 0) is 24.9 Å². The first-order chi connectivity index (χ1) is 12.9. The summed E-state index contributed by atoms with van der Waals surface area (Å²) in [5, 5.41) is 2.76. The van der Waals surface area contributed by atoms with Crippen molar-refractivity contribution in [2.24, 2.45) is 7.05 Å². The molecular formula is C17H21ClN7O2+. The number of methoxy groups -OCH3 is 1. The highest BCUT2D eigenvalue weighted by Crippen LogP contribution is 2.18. The molecule has 0 spiro atoms. The van der Waals surface area contributed by atoms with Crippen LogP contribution in [0.15, 0.2) is 24.3 Å². The molecule has 0 aliphatic rings. The number of nitrogens with zero attached hydrogens (tertiary/aromatic N) is 4. The number of anilines is 2. The second-order valence-corrected chi connectivity index (χ2v) is 6.28. The van der Waals surface area contributed by atoms with Crippen LogP contribution in [0.4, 0.5) is 11.6 Å². The third kappa shape index (κ3) is 3.64. The van der Waals surface area contributed by atoms with Gasteiger partial charge in [0.1, 0.15) is 13.1 Å². The molecule has 3 rings (SSSR count). The van der Waals surface area contributed by atoms with Gasteiger partial charge in [-0.05, 0) is 12.1 Å². The van der Waals surface area contributed by atoms with Gasteiger partial charge in [-0.25, -0.2) is 19.1 Å². The highest BCUT2D eigenvalue weighted by molar-refractivity contribution is 6.31. The van der Waals surface area contributed by atoms with Crippen LogP contribution in [0, 0.1) is 0 Å². The van der Waals surface area contributed by atoms with Crippen LogP contribution < -0.4 is 21.4 Å². The van der Waals surface area contributed by atoms with E-state index in [2.05, 4.69) is 19.9 Å².